The zero-order valence-electron chi connectivity index (χ0n) is 10.9. The molecule has 1 fully saturated rings. The van der Waals surface area contributed by atoms with E-state index in [0.717, 1.165) is 22.8 Å². The molecule has 1 aliphatic carbocycles. The van der Waals surface area contributed by atoms with E-state index >= 15 is 0 Å². The summed E-state index contributed by atoms with van der Waals surface area (Å²) in [6.07, 6.45) is 3.95. The predicted octanol–water partition coefficient (Wildman–Crippen LogP) is 3.35. The molecule has 0 aromatic heterocycles. The van der Waals surface area contributed by atoms with E-state index in [9.17, 15) is 4.79 Å². The van der Waals surface area contributed by atoms with E-state index in [4.69, 9.17) is 4.74 Å². The highest BCUT2D eigenvalue weighted by Gasteiger charge is 2.25. The molecule has 0 heterocycles. The first-order chi connectivity index (χ1) is 7.54. The zero-order valence-corrected chi connectivity index (χ0v) is 11.7. The summed E-state index contributed by atoms with van der Waals surface area (Å²) in [7, 11) is 1.47. The topological polar surface area (TPSA) is 26.3 Å². The van der Waals surface area contributed by atoms with Gasteiger partial charge in [0.1, 0.15) is 0 Å². The second-order valence-electron chi connectivity index (χ2n) is 5.15. The van der Waals surface area contributed by atoms with E-state index in [2.05, 4.69) is 13.8 Å². The molecule has 94 valence electrons. The molecular weight excluding hydrogens is 220 g/mol. The van der Waals surface area contributed by atoms with Gasteiger partial charge in [0, 0.05) is 11.0 Å². The van der Waals surface area contributed by atoms with E-state index in [1.165, 1.54) is 26.4 Å². The van der Waals surface area contributed by atoms with E-state index in [-0.39, 0.29) is 11.9 Å². The molecule has 0 aromatic rings. The van der Waals surface area contributed by atoms with Crippen LogP contribution in [0.15, 0.2) is 0 Å². The maximum Gasteiger partial charge on any atom is 0.309 e. The second kappa shape index (κ2) is 6.53. The Morgan fingerprint density at radius 2 is 2.06 bits per heavy atom. The molecule has 3 heteroatoms. The third-order valence-electron chi connectivity index (χ3n) is 3.74. The number of thioether (sulfide) groups is 1. The Balaban J connectivity index is 2.25. The molecule has 0 N–H and O–H groups in total. The van der Waals surface area contributed by atoms with Gasteiger partial charge in [-0.25, -0.2) is 0 Å². The highest BCUT2D eigenvalue weighted by Crippen LogP contribution is 2.36. The summed E-state index contributed by atoms with van der Waals surface area (Å²) in [4.78, 5) is 11.3. The molecule has 0 bridgehead atoms. The summed E-state index contributed by atoms with van der Waals surface area (Å²) in [5.41, 5.74) is 0. The maximum absolute atomic E-state index is 11.3. The Morgan fingerprint density at radius 3 is 2.62 bits per heavy atom. The lowest BCUT2D eigenvalue weighted by molar-refractivity contribution is -0.143. The van der Waals surface area contributed by atoms with Gasteiger partial charge in [-0.15, -0.1) is 0 Å². The van der Waals surface area contributed by atoms with E-state index < -0.39 is 0 Å². The largest absolute Gasteiger partial charge is 0.469 e. The first-order valence-corrected chi connectivity index (χ1v) is 7.28. The fraction of sp³-hybridized carbons (Fsp3) is 0.923. The quantitative estimate of drug-likeness (QED) is 0.709. The van der Waals surface area contributed by atoms with Crippen LogP contribution in [-0.4, -0.2) is 24.1 Å². The molecule has 4 unspecified atom stereocenters. The van der Waals surface area contributed by atoms with Crippen molar-refractivity contribution in [3.8, 4) is 0 Å². The van der Waals surface area contributed by atoms with Crippen molar-refractivity contribution in [3.63, 3.8) is 0 Å². The minimum Gasteiger partial charge on any atom is -0.469 e. The Labute approximate surface area is 104 Å². The van der Waals surface area contributed by atoms with Crippen LogP contribution in [0.25, 0.3) is 0 Å². The molecule has 0 saturated heterocycles. The smallest absolute Gasteiger partial charge is 0.309 e. The van der Waals surface area contributed by atoms with Gasteiger partial charge in [-0.3, -0.25) is 4.79 Å². The van der Waals surface area contributed by atoms with E-state index in [1.807, 2.05) is 18.7 Å². The highest BCUT2D eigenvalue weighted by molar-refractivity contribution is 7.99. The molecule has 16 heavy (non-hydrogen) atoms. The lowest BCUT2D eigenvalue weighted by Crippen LogP contribution is -2.24. The number of carbonyl (C=O) groups is 1. The fourth-order valence-electron chi connectivity index (χ4n) is 2.20. The summed E-state index contributed by atoms with van der Waals surface area (Å²) >= 11 is 1.95. The monoisotopic (exact) mass is 244 g/mol. The van der Waals surface area contributed by atoms with Gasteiger partial charge < -0.3 is 4.74 Å². The molecule has 1 saturated carbocycles. The van der Waals surface area contributed by atoms with Gasteiger partial charge in [0.2, 0.25) is 0 Å². The van der Waals surface area contributed by atoms with Crippen LogP contribution in [0.5, 0.6) is 0 Å². The van der Waals surface area contributed by atoms with Gasteiger partial charge in [-0.2, -0.15) is 11.8 Å². The number of hydrogen-bond acceptors (Lipinski definition) is 3. The van der Waals surface area contributed by atoms with Crippen LogP contribution in [0.1, 0.15) is 40.0 Å². The van der Waals surface area contributed by atoms with E-state index in [1.54, 1.807) is 0 Å². The number of hydrogen-bond donors (Lipinski definition) is 0. The molecule has 4 atom stereocenters. The summed E-state index contributed by atoms with van der Waals surface area (Å²) in [5, 5.41) is 0.748. The maximum atomic E-state index is 11.3. The van der Waals surface area contributed by atoms with Crippen LogP contribution >= 0.6 is 11.8 Å². The standard InChI is InChI=1S/C13H24O2S/c1-9-5-6-12(7-10(9)2)16-8-11(3)13(14)15-4/h9-12H,5-8H2,1-4H3. The lowest BCUT2D eigenvalue weighted by Gasteiger charge is -2.32. The highest BCUT2D eigenvalue weighted by atomic mass is 32.2. The van der Waals surface area contributed by atoms with Crippen molar-refractivity contribution in [2.75, 3.05) is 12.9 Å². The molecule has 0 aliphatic heterocycles. The summed E-state index contributed by atoms with van der Waals surface area (Å²) < 4.78 is 4.74. The van der Waals surface area contributed by atoms with Crippen molar-refractivity contribution in [2.24, 2.45) is 17.8 Å². The van der Waals surface area contributed by atoms with Crippen molar-refractivity contribution in [2.45, 2.75) is 45.3 Å². The number of ether oxygens (including phenoxy) is 1. The van der Waals surface area contributed by atoms with Crippen LogP contribution in [0.4, 0.5) is 0 Å². The first kappa shape index (κ1) is 13.9. The van der Waals surface area contributed by atoms with Crippen LogP contribution < -0.4 is 0 Å². The zero-order chi connectivity index (χ0) is 12.1. The van der Waals surface area contributed by atoms with Gasteiger partial charge in [-0.1, -0.05) is 20.8 Å². The molecular formula is C13H24O2S. The van der Waals surface area contributed by atoms with Gasteiger partial charge >= 0.3 is 5.97 Å². The molecule has 0 spiro atoms. The van der Waals surface area contributed by atoms with Gasteiger partial charge in [0.25, 0.3) is 0 Å². The summed E-state index contributed by atoms with van der Waals surface area (Å²) in [5.74, 6) is 2.56. The Kier molecular flexibility index (Phi) is 5.67. The number of methoxy groups -OCH3 is 1. The minimum absolute atomic E-state index is 0.0321. The molecule has 2 nitrogen and oxygen atoms in total. The molecule has 0 amide bonds. The van der Waals surface area contributed by atoms with Crippen molar-refractivity contribution >= 4 is 17.7 Å². The van der Waals surface area contributed by atoms with Crippen LogP contribution in [0.3, 0.4) is 0 Å². The van der Waals surface area contributed by atoms with Crippen molar-refractivity contribution in [3.05, 3.63) is 0 Å². The van der Waals surface area contributed by atoms with Gasteiger partial charge in [-0.05, 0) is 31.1 Å². The number of carbonyl (C=O) groups excluding carboxylic acids is 1. The lowest BCUT2D eigenvalue weighted by atomic mass is 9.81. The van der Waals surface area contributed by atoms with Crippen molar-refractivity contribution in [1.82, 2.24) is 0 Å². The fourth-order valence-corrected chi connectivity index (χ4v) is 3.64. The molecule has 0 radical (unpaired) electrons. The average molecular weight is 244 g/mol. The third-order valence-corrected chi connectivity index (χ3v) is 5.33. The molecule has 0 aromatic carbocycles. The molecule has 1 rings (SSSR count). The SMILES string of the molecule is COC(=O)C(C)CSC1CCC(C)C(C)C1. The van der Waals surface area contributed by atoms with Crippen LogP contribution in [0.2, 0.25) is 0 Å². The Hall–Kier alpha value is -0.180. The Morgan fingerprint density at radius 1 is 1.38 bits per heavy atom. The number of rotatable bonds is 4. The van der Waals surface area contributed by atoms with Gasteiger partial charge in [0.05, 0.1) is 13.0 Å². The molecule has 1 aliphatic rings. The second-order valence-corrected chi connectivity index (χ2v) is 6.48. The van der Waals surface area contributed by atoms with Crippen LogP contribution in [0, 0.1) is 17.8 Å². The van der Waals surface area contributed by atoms with Crippen LogP contribution in [-0.2, 0) is 9.53 Å². The summed E-state index contributed by atoms with van der Waals surface area (Å²) in [6, 6.07) is 0. The van der Waals surface area contributed by atoms with Crippen molar-refractivity contribution < 1.29 is 9.53 Å². The average Bonchev–Trinajstić information content (AvgIpc) is 2.29. The minimum atomic E-state index is -0.0790. The first-order valence-electron chi connectivity index (χ1n) is 6.24. The Bertz CT molecular complexity index is 230. The number of esters is 1. The third kappa shape index (κ3) is 4.00. The van der Waals surface area contributed by atoms with E-state index in [0.29, 0.717) is 0 Å². The predicted molar refractivity (Wildman–Crippen MR) is 69.6 cm³/mol. The van der Waals surface area contributed by atoms with Crippen molar-refractivity contribution in [1.29, 1.82) is 0 Å². The normalized spacial score (nSPS) is 32.1. The summed E-state index contributed by atoms with van der Waals surface area (Å²) in [6.45, 7) is 6.65. The van der Waals surface area contributed by atoms with Gasteiger partial charge in [0.15, 0.2) is 0 Å².